The van der Waals surface area contributed by atoms with Crippen LogP contribution in [0.2, 0.25) is 0 Å². The lowest BCUT2D eigenvalue weighted by Crippen LogP contribution is -2.23. The molecule has 1 saturated carbocycles. The molecule has 1 unspecified atom stereocenters. The molecule has 1 heterocycles. The van der Waals surface area contributed by atoms with Crippen LogP contribution in [0.3, 0.4) is 0 Å². The number of allylic oxidation sites excluding steroid dienone is 2. The second-order valence-electron chi connectivity index (χ2n) is 14.3. The summed E-state index contributed by atoms with van der Waals surface area (Å²) in [6.07, 6.45) is 20.6. The van der Waals surface area contributed by atoms with E-state index in [4.69, 9.17) is 36.5 Å². The predicted octanol–water partition coefficient (Wildman–Crippen LogP) is 7.46. The van der Waals surface area contributed by atoms with Gasteiger partial charge in [0.1, 0.15) is 13.2 Å². The number of rotatable bonds is 25. The first kappa shape index (κ1) is 46.5. The summed E-state index contributed by atoms with van der Waals surface area (Å²) in [7, 11) is 0. The Morgan fingerprint density at radius 3 is 2.18 bits per heavy atom. The number of aromatic nitrogens is 1. The van der Waals surface area contributed by atoms with Crippen molar-refractivity contribution in [2.75, 3.05) is 13.2 Å². The third-order valence-electron chi connectivity index (χ3n) is 9.96. The smallest absolute Gasteiger partial charge is 0.434 e. The third kappa shape index (κ3) is 17.9. The molecule has 310 valence electrons. The van der Waals surface area contributed by atoms with Crippen molar-refractivity contribution in [2.45, 2.75) is 135 Å². The molecule has 2 aromatic rings. The van der Waals surface area contributed by atoms with Gasteiger partial charge in [-0.15, -0.1) is 24.7 Å². The van der Waals surface area contributed by atoms with Crippen LogP contribution in [0.4, 0.5) is 9.59 Å². The van der Waals surface area contributed by atoms with E-state index in [1.54, 1.807) is 6.92 Å². The van der Waals surface area contributed by atoms with Gasteiger partial charge in [0.25, 0.3) is 0 Å². The lowest BCUT2D eigenvalue weighted by Gasteiger charge is -2.23. The van der Waals surface area contributed by atoms with Gasteiger partial charge >= 0.3 is 18.3 Å². The van der Waals surface area contributed by atoms with Gasteiger partial charge in [-0.3, -0.25) is 9.78 Å². The monoisotopic (exact) mass is 789 g/mol. The molecule has 3 rings (SSSR count). The highest BCUT2D eigenvalue weighted by atomic mass is 16.7. The number of carbonyl (C=O) groups excluding carboxylic acids is 3. The number of terminal acetylenes is 2. The van der Waals surface area contributed by atoms with Crippen molar-refractivity contribution in [1.82, 2.24) is 4.98 Å². The molecule has 57 heavy (non-hydrogen) atoms. The van der Waals surface area contributed by atoms with Gasteiger partial charge in [-0.1, -0.05) is 42.5 Å². The highest BCUT2D eigenvalue weighted by molar-refractivity contribution is 5.73. The summed E-state index contributed by atoms with van der Waals surface area (Å²) >= 11 is 0. The van der Waals surface area contributed by atoms with Gasteiger partial charge < -0.3 is 39.0 Å². The summed E-state index contributed by atoms with van der Waals surface area (Å²) < 4.78 is 26.6. The number of ether oxygens (including phenoxy) is 5. The number of esters is 1. The van der Waals surface area contributed by atoms with Crippen LogP contribution >= 0.6 is 0 Å². The van der Waals surface area contributed by atoms with Crippen molar-refractivity contribution >= 4 is 18.3 Å². The highest BCUT2D eigenvalue weighted by Crippen LogP contribution is 2.38. The van der Waals surface area contributed by atoms with Crippen LogP contribution < -0.4 is 4.74 Å². The number of pyridine rings is 1. The van der Waals surface area contributed by atoms with E-state index in [9.17, 15) is 29.7 Å². The van der Waals surface area contributed by atoms with Crippen molar-refractivity contribution in [3.05, 3.63) is 71.1 Å². The van der Waals surface area contributed by atoms with Gasteiger partial charge in [0, 0.05) is 36.6 Å². The summed E-state index contributed by atoms with van der Waals surface area (Å²) in [5.41, 5.74) is 2.17. The Morgan fingerprint density at radius 2 is 1.51 bits per heavy atom. The van der Waals surface area contributed by atoms with E-state index in [1.165, 1.54) is 11.8 Å². The maximum atomic E-state index is 13.1. The summed E-state index contributed by atoms with van der Waals surface area (Å²) in [6, 6.07) is 10.0. The zero-order chi connectivity index (χ0) is 41.3. The van der Waals surface area contributed by atoms with Crippen molar-refractivity contribution < 1.29 is 53.4 Å². The first-order valence-corrected chi connectivity index (χ1v) is 20.0. The second kappa shape index (κ2) is 26.9. The molecular formula is C45H59NO11. The maximum Gasteiger partial charge on any atom is 0.508 e. The Balaban J connectivity index is 1.52. The van der Waals surface area contributed by atoms with Gasteiger partial charge in [0.15, 0.2) is 5.75 Å². The van der Waals surface area contributed by atoms with E-state index < -0.39 is 36.6 Å². The molecule has 0 amide bonds. The predicted molar refractivity (Wildman–Crippen MR) is 213 cm³/mol. The van der Waals surface area contributed by atoms with Crippen molar-refractivity contribution in [3.63, 3.8) is 0 Å². The van der Waals surface area contributed by atoms with Crippen molar-refractivity contribution in [2.24, 2.45) is 11.8 Å². The Bertz CT molecular complexity index is 1630. The lowest BCUT2D eigenvalue weighted by atomic mass is 9.85. The first-order valence-electron chi connectivity index (χ1n) is 20.0. The Hall–Kier alpha value is -4.88. The molecule has 0 radical (unpaired) electrons. The molecule has 1 aliphatic carbocycles. The van der Waals surface area contributed by atoms with E-state index in [-0.39, 0.29) is 56.0 Å². The van der Waals surface area contributed by atoms with Crippen LogP contribution in [-0.2, 0) is 43.4 Å². The quantitative estimate of drug-likeness (QED) is 0.0393. The average Bonchev–Trinajstić information content (AvgIpc) is 3.47. The minimum Gasteiger partial charge on any atom is -0.434 e. The summed E-state index contributed by atoms with van der Waals surface area (Å²) in [4.78, 5) is 42.0. The molecule has 1 fully saturated rings. The molecule has 1 aromatic carbocycles. The summed E-state index contributed by atoms with van der Waals surface area (Å²) in [6.45, 7) is 1.28. The number of hydrogen-bond donors (Lipinski definition) is 3. The van der Waals surface area contributed by atoms with E-state index in [1.807, 2.05) is 42.5 Å². The number of aryl methyl sites for hydroxylation is 2. The van der Waals surface area contributed by atoms with Crippen LogP contribution in [0, 0.1) is 43.4 Å². The number of hydrogen-bond acceptors (Lipinski definition) is 12. The zero-order valence-electron chi connectivity index (χ0n) is 33.2. The van der Waals surface area contributed by atoms with Crippen LogP contribution in [-0.4, -0.2) is 70.1 Å². The fraction of sp³-hybridized carbons (Fsp3) is 0.556. The van der Waals surface area contributed by atoms with E-state index in [0.29, 0.717) is 94.7 Å². The molecule has 12 heteroatoms. The summed E-state index contributed by atoms with van der Waals surface area (Å²) in [5, 5.41) is 32.0. The minimum atomic E-state index is -0.921. The van der Waals surface area contributed by atoms with Gasteiger partial charge in [0.05, 0.1) is 37.2 Å². The average molecular weight is 790 g/mol. The Kier molecular flexibility index (Phi) is 21.9. The lowest BCUT2D eigenvalue weighted by molar-refractivity contribution is -0.134. The number of benzene rings is 1. The fourth-order valence-corrected chi connectivity index (χ4v) is 6.73. The topological polar surface area (TPSA) is 171 Å². The molecule has 0 aliphatic heterocycles. The molecular weight excluding hydrogens is 730 g/mol. The Labute approximate surface area is 337 Å². The molecule has 1 aromatic heterocycles. The molecule has 0 spiro atoms. The standard InChI is InChI=1S/C45H59NO11/c1-4-6-8-17-27-53-44(51)55-31-35-30-46-33(3)43(39(35)32-56-45(52)54-28-18-9-7-5-2)57-42(50)22-16-11-10-15-21-37-38(41(49)29-40(37)48)26-25-36(47)24-23-34-19-13-12-14-20-34/h1-2,10,12-15,19-20,30,36-38,40-41,47-49H,6-9,11,16-18,21-29,31-32H2,3H3/b15-10-/t36-,37+,38?,40-,41+/m0/s1. The summed E-state index contributed by atoms with van der Waals surface area (Å²) in [5.74, 6) is 4.37. The zero-order valence-corrected chi connectivity index (χ0v) is 33.2. The first-order chi connectivity index (χ1) is 27.6. The molecule has 1 aliphatic rings. The molecule has 3 N–H and O–H groups in total. The fourth-order valence-electron chi connectivity index (χ4n) is 6.73. The van der Waals surface area contributed by atoms with E-state index in [0.717, 1.165) is 6.42 Å². The number of nitrogens with zero attached hydrogens (tertiary/aromatic N) is 1. The number of aliphatic hydroxyl groups is 3. The van der Waals surface area contributed by atoms with Crippen LogP contribution in [0.1, 0.15) is 112 Å². The highest BCUT2D eigenvalue weighted by Gasteiger charge is 2.40. The van der Waals surface area contributed by atoms with Crippen LogP contribution in [0.5, 0.6) is 5.75 Å². The molecule has 5 atom stereocenters. The second-order valence-corrected chi connectivity index (χ2v) is 14.3. The van der Waals surface area contributed by atoms with Crippen LogP contribution in [0.25, 0.3) is 0 Å². The molecule has 0 saturated heterocycles. The van der Waals surface area contributed by atoms with Crippen LogP contribution in [0.15, 0.2) is 48.7 Å². The van der Waals surface area contributed by atoms with E-state index >= 15 is 0 Å². The molecule has 12 nitrogen and oxygen atoms in total. The van der Waals surface area contributed by atoms with Gasteiger partial charge in [0.2, 0.25) is 0 Å². The normalized spacial score (nSPS) is 18.0. The largest absolute Gasteiger partial charge is 0.508 e. The number of unbranched alkanes of at least 4 members (excludes halogenated alkanes) is 5. The SMILES string of the molecule is C#CCCCCOC(=O)OCc1cnc(C)c(OC(=O)CCC/C=C\C[C@@H]2C(CC[C@@H](O)CCc3ccccc3)[C@H](O)C[C@@H]2O)c1COC(=O)OCCCCC#C. The molecule has 0 bridgehead atoms. The van der Waals surface area contributed by atoms with Crippen molar-refractivity contribution in [1.29, 1.82) is 0 Å². The minimum absolute atomic E-state index is 0.0742. The third-order valence-corrected chi connectivity index (χ3v) is 9.96. The van der Waals surface area contributed by atoms with Gasteiger partial charge in [-0.05, 0) is 101 Å². The maximum absolute atomic E-state index is 13.1. The number of carbonyl (C=O) groups is 3. The van der Waals surface area contributed by atoms with Gasteiger partial charge in [-0.25, -0.2) is 9.59 Å². The number of aliphatic hydroxyl groups excluding tert-OH is 3. The van der Waals surface area contributed by atoms with E-state index in [2.05, 4.69) is 16.8 Å². The van der Waals surface area contributed by atoms with Crippen molar-refractivity contribution in [3.8, 4) is 30.4 Å². The Morgan fingerprint density at radius 1 is 0.860 bits per heavy atom. The van der Waals surface area contributed by atoms with Gasteiger partial charge in [-0.2, -0.15) is 0 Å².